The van der Waals surface area contributed by atoms with E-state index in [1.807, 2.05) is 13.0 Å². The van der Waals surface area contributed by atoms with Crippen molar-refractivity contribution in [1.82, 2.24) is 4.98 Å². The minimum absolute atomic E-state index is 0.0703. The zero-order valence-corrected chi connectivity index (χ0v) is 10.5. The normalized spacial score (nSPS) is 10.2. The Morgan fingerprint density at radius 2 is 2.17 bits per heavy atom. The van der Waals surface area contributed by atoms with Crippen molar-refractivity contribution in [2.24, 2.45) is 0 Å². The van der Waals surface area contributed by atoms with Gasteiger partial charge in [-0.1, -0.05) is 17.7 Å². The fraction of sp³-hybridized carbons (Fsp3) is 0.154. The number of hydrogen-bond donors (Lipinski definition) is 1. The Hall–Kier alpha value is -1.81. The SMILES string of the molecule is CCOc1cccc(Nc2ccc(F)c(Cl)c2)n1. The molecule has 2 aromatic rings. The smallest absolute Gasteiger partial charge is 0.215 e. The van der Waals surface area contributed by atoms with Gasteiger partial charge >= 0.3 is 0 Å². The van der Waals surface area contributed by atoms with Gasteiger partial charge in [-0.05, 0) is 31.2 Å². The number of rotatable bonds is 4. The van der Waals surface area contributed by atoms with E-state index < -0.39 is 5.82 Å². The molecule has 0 unspecified atom stereocenters. The number of aromatic nitrogens is 1. The molecule has 0 bridgehead atoms. The van der Waals surface area contributed by atoms with E-state index in [1.165, 1.54) is 12.1 Å². The molecule has 1 aromatic heterocycles. The molecule has 1 heterocycles. The largest absolute Gasteiger partial charge is 0.478 e. The molecule has 3 nitrogen and oxygen atoms in total. The Morgan fingerprint density at radius 3 is 2.89 bits per heavy atom. The van der Waals surface area contributed by atoms with Crippen molar-refractivity contribution in [3.8, 4) is 5.88 Å². The summed E-state index contributed by atoms with van der Waals surface area (Å²) in [6.07, 6.45) is 0. The maximum Gasteiger partial charge on any atom is 0.215 e. The van der Waals surface area contributed by atoms with Crippen LogP contribution in [0.3, 0.4) is 0 Å². The quantitative estimate of drug-likeness (QED) is 0.908. The summed E-state index contributed by atoms with van der Waals surface area (Å²) in [6, 6.07) is 9.79. The van der Waals surface area contributed by atoms with Crippen LogP contribution in [0.5, 0.6) is 5.88 Å². The molecule has 1 aromatic carbocycles. The van der Waals surface area contributed by atoms with Gasteiger partial charge in [0.2, 0.25) is 5.88 Å². The molecule has 0 spiro atoms. The molecule has 0 aliphatic heterocycles. The Labute approximate surface area is 110 Å². The third kappa shape index (κ3) is 3.11. The highest BCUT2D eigenvalue weighted by atomic mass is 35.5. The number of nitrogens with zero attached hydrogens (tertiary/aromatic N) is 1. The molecule has 0 saturated heterocycles. The Morgan fingerprint density at radius 1 is 1.33 bits per heavy atom. The molecular formula is C13H12ClFN2O. The molecule has 0 aliphatic rings. The third-order valence-corrected chi connectivity index (χ3v) is 2.50. The standard InChI is InChI=1S/C13H12ClFN2O/c1-2-18-13-5-3-4-12(17-13)16-9-6-7-11(15)10(14)8-9/h3-8H,2H2,1H3,(H,16,17). The van der Waals surface area contributed by atoms with Crippen molar-refractivity contribution in [2.45, 2.75) is 6.92 Å². The molecule has 18 heavy (non-hydrogen) atoms. The second kappa shape index (κ2) is 5.69. The fourth-order valence-corrected chi connectivity index (χ4v) is 1.62. The molecule has 5 heteroatoms. The molecule has 94 valence electrons. The first-order chi connectivity index (χ1) is 8.69. The van der Waals surface area contributed by atoms with Gasteiger partial charge in [-0.3, -0.25) is 0 Å². The topological polar surface area (TPSA) is 34.1 Å². The van der Waals surface area contributed by atoms with Gasteiger partial charge in [-0.15, -0.1) is 0 Å². The summed E-state index contributed by atoms with van der Waals surface area (Å²) in [7, 11) is 0. The van der Waals surface area contributed by atoms with Gasteiger partial charge in [0.25, 0.3) is 0 Å². The van der Waals surface area contributed by atoms with Gasteiger partial charge in [-0.25, -0.2) is 4.39 Å². The van der Waals surface area contributed by atoms with Crippen LogP contribution in [0.25, 0.3) is 0 Å². The van der Waals surface area contributed by atoms with Gasteiger partial charge < -0.3 is 10.1 Å². The minimum Gasteiger partial charge on any atom is -0.478 e. The summed E-state index contributed by atoms with van der Waals surface area (Å²) in [5.74, 6) is 0.706. The highest BCUT2D eigenvalue weighted by Crippen LogP contribution is 2.22. The predicted molar refractivity (Wildman–Crippen MR) is 70.1 cm³/mol. The van der Waals surface area contributed by atoms with Crippen molar-refractivity contribution in [1.29, 1.82) is 0 Å². The highest BCUT2D eigenvalue weighted by Gasteiger charge is 2.02. The van der Waals surface area contributed by atoms with Crippen LogP contribution in [0.1, 0.15) is 6.92 Å². The lowest BCUT2D eigenvalue weighted by atomic mass is 10.3. The van der Waals surface area contributed by atoms with Gasteiger partial charge in [0.15, 0.2) is 0 Å². The summed E-state index contributed by atoms with van der Waals surface area (Å²) >= 11 is 5.70. The number of hydrogen-bond acceptors (Lipinski definition) is 3. The van der Waals surface area contributed by atoms with Crippen LogP contribution in [0, 0.1) is 5.82 Å². The average molecular weight is 267 g/mol. The van der Waals surface area contributed by atoms with E-state index in [0.29, 0.717) is 24.0 Å². The predicted octanol–water partition coefficient (Wildman–Crippen LogP) is 4.02. The highest BCUT2D eigenvalue weighted by molar-refractivity contribution is 6.31. The number of anilines is 2. The minimum atomic E-state index is -0.446. The van der Waals surface area contributed by atoms with E-state index in [-0.39, 0.29) is 5.02 Å². The lowest BCUT2D eigenvalue weighted by molar-refractivity contribution is 0.327. The Kier molecular flexibility index (Phi) is 3.99. The second-order valence-electron chi connectivity index (χ2n) is 3.55. The first kappa shape index (κ1) is 12.6. The van der Waals surface area contributed by atoms with E-state index in [0.717, 1.165) is 0 Å². The molecule has 0 aliphatic carbocycles. The summed E-state index contributed by atoms with van der Waals surface area (Å²) in [6.45, 7) is 2.44. The molecule has 0 atom stereocenters. The molecule has 0 radical (unpaired) electrons. The van der Waals surface area contributed by atoms with Gasteiger partial charge in [0.05, 0.1) is 11.6 Å². The van der Waals surface area contributed by atoms with Gasteiger partial charge in [-0.2, -0.15) is 4.98 Å². The summed E-state index contributed by atoms with van der Waals surface area (Å²) in [5.41, 5.74) is 0.669. The number of benzene rings is 1. The van der Waals surface area contributed by atoms with Crippen molar-refractivity contribution < 1.29 is 9.13 Å². The van der Waals surface area contributed by atoms with Crippen LogP contribution in [0.15, 0.2) is 36.4 Å². The van der Waals surface area contributed by atoms with E-state index in [1.54, 1.807) is 18.2 Å². The van der Waals surface area contributed by atoms with Crippen LogP contribution in [0.2, 0.25) is 5.02 Å². The van der Waals surface area contributed by atoms with Gasteiger partial charge in [0, 0.05) is 11.8 Å². The van der Waals surface area contributed by atoms with Crippen LogP contribution in [-0.4, -0.2) is 11.6 Å². The van der Waals surface area contributed by atoms with E-state index in [2.05, 4.69) is 10.3 Å². The summed E-state index contributed by atoms with van der Waals surface area (Å²) < 4.78 is 18.3. The van der Waals surface area contributed by atoms with E-state index in [4.69, 9.17) is 16.3 Å². The third-order valence-electron chi connectivity index (χ3n) is 2.21. The first-order valence-electron chi connectivity index (χ1n) is 5.51. The molecule has 0 amide bonds. The van der Waals surface area contributed by atoms with Gasteiger partial charge in [0.1, 0.15) is 11.6 Å². The lowest BCUT2D eigenvalue weighted by Gasteiger charge is -2.08. The summed E-state index contributed by atoms with van der Waals surface area (Å²) in [5, 5.41) is 3.10. The zero-order valence-electron chi connectivity index (χ0n) is 9.78. The van der Waals surface area contributed by atoms with Crippen molar-refractivity contribution >= 4 is 23.1 Å². The Balaban J connectivity index is 2.17. The molecule has 2 rings (SSSR count). The van der Waals surface area contributed by atoms with Crippen LogP contribution in [0.4, 0.5) is 15.9 Å². The maximum absolute atomic E-state index is 13.0. The summed E-state index contributed by atoms with van der Waals surface area (Å²) in [4.78, 5) is 4.24. The molecule has 1 N–H and O–H groups in total. The van der Waals surface area contributed by atoms with Crippen molar-refractivity contribution in [3.05, 3.63) is 47.2 Å². The second-order valence-corrected chi connectivity index (χ2v) is 3.96. The van der Waals surface area contributed by atoms with E-state index in [9.17, 15) is 4.39 Å². The fourth-order valence-electron chi connectivity index (χ4n) is 1.43. The number of nitrogens with one attached hydrogen (secondary N) is 1. The zero-order chi connectivity index (χ0) is 13.0. The van der Waals surface area contributed by atoms with Crippen molar-refractivity contribution in [2.75, 3.05) is 11.9 Å². The maximum atomic E-state index is 13.0. The molecule has 0 fully saturated rings. The number of ether oxygens (including phenoxy) is 1. The average Bonchev–Trinajstić information content (AvgIpc) is 2.35. The van der Waals surface area contributed by atoms with E-state index >= 15 is 0 Å². The monoisotopic (exact) mass is 266 g/mol. The number of halogens is 2. The first-order valence-corrected chi connectivity index (χ1v) is 5.89. The van der Waals surface area contributed by atoms with Crippen molar-refractivity contribution in [3.63, 3.8) is 0 Å². The van der Waals surface area contributed by atoms with Crippen LogP contribution >= 0.6 is 11.6 Å². The molecular weight excluding hydrogens is 255 g/mol. The van der Waals surface area contributed by atoms with Crippen LogP contribution < -0.4 is 10.1 Å². The lowest BCUT2D eigenvalue weighted by Crippen LogP contribution is -1.98. The molecule has 0 saturated carbocycles. The Bertz CT molecular complexity index is 548. The number of pyridine rings is 1. The van der Waals surface area contributed by atoms with Crippen LogP contribution in [-0.2, 0) is 0 Å².